The van der Waals surface area contributed by atoms with E-state index in [0.717, 1.165) is 6.42 Å². The molecule has 0 saturated heterocycles. The third-order valence-corrected chi connectivity index (χ3v) is 0.168. The number of hydrogen-bond acceptors (Lipinski definition) is 1. The molecule has 0 spiro atoms. The van der Waals surface area contributed by atoms with E-state index in [-0.39, 0.29) is 0 Å². The van der Waals surface area contributed by atoms with E-state index in [0.29, 0.717) is 0 Å². The number of rotatable bonds is 1. The number of hydrogen-bond donors (Lipinski definition) is 0. The van der Waals surface area contributed by atoms with Crippen molar-refractivity contribution in [1.29, 1.82) is 5.26 Å². The molecule has 2 heteroatoms. The van der Waals surface area contributed by atoms with Gasteiger partial charge in [0.2, 0.25) is 0 Å². The predicted octanol–water partition coefficient (Wildman–Crippen LogP) is 0.684. The summed E-state index contributed by atoms with van der Waals surface area (Å²) in [5, 5.41) is 7.52. The summed E-state index contributed by atoms with van der Waals surface area (Å²) in [6.07, 6.45) is 0.889. The van der Waals surface area contributed by atoms with Crippen molar-refractivity contribution in [3.63, 3.8) is 0 Å². The quantitative estimate of drug-likeness (QED) is 0.447. The number of nitriles is 1. The summed E-state index contributed by atoms with van der Waals surface area (Å²) >= 11 is 0. The first kappa shape index (κ1) is 4.42. The smallest absolute Gasteiger partial charge is 0.107 e. The van der Waals surface area contributed by atoms with E-state index in [1.54, 1.807) is 0 Å². The average Bonchev–Trinajstić information content (AvgIpc) is 1.41. The fourth-order valence-corrected chi connectivity index (χ4v) is 0.0345. The van der Waals surface area contributed by atoms with Gasteiger partial charge in [0.25, 0.3) is 0 Å². The first-order valence-corrected chi connectivity index (χ1v) is 1.19. The zero-order chi connectivity index (χ0) is 4.12. The van der Waals surface area contributed by atoms with Crippen molar-refractivity contribution in [3.8, 4) is 6.07 Å². The van der Waals surface area contributed by atoms with Crippen LogP contribution >= 0.6 is 0 Å². The molecule has 0 aliphatic heterocycles. The lowest BCUT2D eigenvalue weighted by molar-refractivity contribution is 0.548. The summed E-state index contributed by atoms with van der Waals surface area (Å²) in [4.78, 5) is 0. The molecule has 0 amide bonds. The van der Waals surface area contributed by atoms with Crippen LogP contribution in [0.3, 0.4) is 0 Å². The molecule has 0 aromatic carbocycles. The highest BCUT2D eigenvalue weighted by Gasteiger charge is 1.70. The van der Waals surface area contributed by atoms with Crippen LogP contribution in [-0.4, -0.2) is 6.67 Å². The van der Waals surface area contributed by atoms with E-state index in [1.807, 2.05) is 0 Å². The number of halogens is 1. The maximum absolute atomic E-state index is 10.7. The molecule has 0 unspecified atom stereocenters. The van der Waals surface area contributed by atoms with Crippen LogP contribution in [0.2, 0.25) is 0 Å². The molecule has 0 heterocycles. The first-order chi connectivity index (χ1) is 2.41. The third-order valence-electron chi connectivity index (χ3n) is 0.168. The zero-order valence-electron chi connectivity index (χ0n) is 2.61. The molecule has 0 atom stereocenters. The van der Waals surface area contributed by atoms with E-state index < -0.39 is 6.67 Å². The fraction of sp³-hybridized carbons (Fsp3) is 0.333. The molecule has 0 rings (SSSR count). The average molecular weight is 72.1 g/mol. The summed E-state index contributed by atoms with van der Waals surface area (Å²) in [5.41, 5.74) is 0. The minimum atomic E-state index is -0.642. The van der Waals surface area contributed by atoms with Crippen LogP contribution < -0.4 is 0 Å². The van der Waals surface area contributed by atoms with Crippen LogP contribution in [0.15, 0.2) is 0 Å². The molecule has 0 N–H and O–H groups in total. The van der Waals surface area contributed by atoms with Gasteiger partial charge < -0.3 is 0 Å². The van der Waals surface area contributed by atoms with Gasteiger partial charge in [0.1, 0.15) is 6.67 Å². The van der Waals surface area contributed by atoms with Crippen molar-refractivity contribution >= 4 is 0 Å². The van der Waals surface area contributed by atoms with E-state index >= 15 is 0 Å². The van der Waals surface area contributed by atoms with Gasteiger partial charge in [-0.1, -0.05) is 0 Å². The molecule has 27 valence electrons. The van der Waals surface area contributed by atoms with Crippen molar-refractivity contribution in [2.45, 2.75) is 0 Å². The van der Waals surface area contributed by atoms with E-state index in [9.17, 15) is 4.39 Å². The molecule has 0 aliphatic carbocycles. The van der Waals surface area contributed by atoms with Crippen LogP contribution in [0, 0.1) is 17.8 Å². The van der Waals surface area contributed by atoms with Crippen LogP contribution in [0.5, 0.6) is 0 Å². The van der Waals surface area contributed by atoms with Crippen molar-refractivity contribution in [1.82, 2.24) is 0 Å². The molecule has 1 nitrogen and oxygen atoms in total. The van der Waals surface area contributed by atoms with Gasteiger partial charge in [-0.15, -0.1) is 0 Å². The van der Waals surface area contributed by atoms with Crippen molar-refractivity contribution < 1.29 is 4.39 Å². The van der Waals surface area contributed by atoms with Crippen molar-refractivity contribution in [2.24, 2.45) is 0 Å². The van der Waals surface area contributed by atoms with Crippen LogP contribution in [0.1, 0.15) is 0 Å². The number of nitrogens with zero attached hydrogens (tertiary/aromatic N) is 1. The summed E-state index contributed by atoms with van der Waals surface area (Å²) in [6.45, 7) is -0.642. The molecule has 0 aliphatic rings. The second-order valence-corrected chi connectivity index (χ2v) is 0.488. The van der Waals surface area contributed by atoms with Gasteiger partial charge in [-0.2, -0.15) is 5.26 Å². The second kappa shape index (κ2) is 3.42. The minimum absolute atomic E-state index is 0.642. The van der Waals surface area contributed by atoms with Gasteiger partial charge >= 0.3 is 0 Å². The molecule has 0 bridgehead atoms. The van der Waals surface area contributed by atoms with Crippen molar-refractivity contribution in [3.05, 3.63) is 6.42 Å². The summed E-state index contributed by atoms with van der Waals surface area (Å²) in [5.74, 6) is 0. The SMILES string of the molecule is N#C[CH]CF. The Morgan fingerprint density at radius 1 is 2.00 bits per heavy atom. The summed E-state index contributed by atoms with van der Waals surface area (Å²) in [6, 6.07) is 1.52. The fourth-order valence-electron chi connectivity index (χ4n) is 0.0345. The Kier molecular flexibility index (Phi) is 3.02. The molecule has 0 saturated carbocycles. The lowest BCUT2D eigenvalue weighted by Crippen LogP contribution is -1.65. The van der Waals surface area contributed by atoms with Crippen molar-refractivity contribution in [2.75, 3.05) is 6.67 Å². The van der Waals surface area contributed by atoms with Gasteiger partial charge in [-0.3, -0.25) is 0 Å². The first-order valence-electron chi connectivity index (χ1n) is 1.19. The summed E-state index contributed by atoms with van der Waals surface area (Å²) < 4.78 is 10.7. The highest BCUT2D eigenvalue weighted by Crippen LogP contribution is 1.68. The summed E-state index contributed by atoms with van der Waals surface area (Å²) in [7, 11) is 0. The highest BCUT2D eigenvalue weighted by atomic mass is 19.1. The molecule has 5 heavy (non-hydrogen) atoms. The Hall–Kier alpha value is -0.580. The molecule has 0 fully saturated rings. The molecular weight excluding hydrogens is 69.0 g/mol. The number of alkyl halides is 1. The normalized spacial score (nSPS) is 6.40. The minimum Gasteiger partial charge on any atom is -0.250 e. The Bertz CT molecular complexity index is 45.3. The zero-order valence-corrected chi connectivity index (χ0v) is 2.61. The molecule has 0 aromatic heterocycles. The van der Waals surface area contributed by atoms with Gasteiger partial charge in [-0.05, 0) is 0 Å². The molecule has 0 aromatic rings. The maximum atomic E-state index is 10.7. The topological polar surface area (TPSA) is 23.8 Å². The van der Waals surface area contributed by atoms with Gasteiger partial charge in [-0.25, -0.2) is 4.39 Å². The molecule has 1 radical (unpaired) electrons. The van der Waals surface area contributed by atoms with E-state index in [2.05, 4.69) is 0 Å². The highest BCUT2D eigenvalue weighted by molar-refractivity contribution is 4.89. The van der Waals surface area contributed by atoms with Crippen LogP contribution in [0.4, 0.5) is 4.39 Å². The van der Waals surface area contributed by atoms with Crippen LogP contribution in [-0.2, 0) is 0 Å². The maximum Gasteiger partial charge on any atom is 0.107 e. The second-order valence-electron chi connectivity index (χ2n) is 0.488. The monoisotopic (exact) mass is 72.0 g/mol. The molecular formula is C3H3FN. The van der Waals surface area contributed by atoms with Gasteiger partial charge in [0.05, 0.1) is 12.5 Å². The Labute approximate surface area is 30.0 Å². The third kappa shape index (κ3) is 3.42. The Balaban J connectivity index is 2.48. The lowest BCUT2D eigenvalue weighted by atomic mass is 10.5. The Morgan fingerprint density at radius 3 is 2.60 bits per heavy atom. The lowest BCUT2D eigenvalue weighted by Gasteiger charge is -1.61. The van der Waals surface area contributed by atoms with Gasteiger partial charge in [0, 0.05) is 0 Å². The van der Waals surface area contributed by atoms with Gasteiger partial charge in [0.15, 0.2) is 0 Å². The largest absolute Gasteiger partial charge is 0.250 e. The van der Waals surface area contributed by atoms with E-state index in [4.69, 9.17) is 5.26 Å². The standard InChI is InChI=1S/C3H3FN/c4-2-1-3-5/h1H,2H2. The predicted molar refractivity (Wildman–Crippen MR) is 15.9 cm³/mol. The Morgan fingerprint density at radius 2 is 2.60 bits per heavy atom. The van der Waals surface area contributed by atoms with E-state index in [1.165, 1.54) is 6.07 Å². The van der Waals surface area contributed by atoms with Crippen LogP contribution in [0.25, 0.3) is 0 Å².